The molecule has 0 radical (unpaired) electrons. The third kappa shape index (κ3) is 34.0. The van der Waals surface area contributed by atoms with E-state index in [1.165, 1.54) is 0 Å². The van der Waals surface area contributed by atoms with Gasteiger partial charge in [-0.15, -0.1) is 0 Å². The Morgan fingerprint density at radius 1 is 0.400 bits per heavy atom. The molecule has 5 rings (SSSR count). The SMILES string of the molecule is CO[C@H]1O[C@@H](COCC(=O)N(CC(=O)NC2CCCCC2)C2CCC(N(CC(=O)NC3CCCCC3)C(=O)COC[C@@H]3O[C@H](OC)[C@H](OS(=O)(=O)[O-])[C@@H](OS(=O)(=O)[O-])[C@@H]3OS(=O)(=O)[O-])CC2)[C@@H](OS(=O)(=O)[O-])[C@H](OS(=O)(=O)[O-])[C@H]1OS(=O)(=O)[O-].[Na+].[Na+].[Na+].[Na+].[Na+].[Na+]. The summed E-state index contributed by atoms with van der Waals surface area (Å²) in [7, 11) is -34.0. The van der Waals surface area contributed by atoms with Crippen LogP contribution in [-0.2, 0) is 135 Å². The molecule has 3 saturated carbocycles. The summed E-state index contributed by atoms with van der Waals surface area (Å²) < 4.78 is 268. The van der Waals surface area contributed by atoms with Gasteiger partial charge in [-0.2, -0.15) is 0 Å². The number of ether oxygens (including phenoxy) is 6. The first-order valence-corrected chi connectivity index (χ1v) is 33.5. The Hall–Kier alpha value is 2.86. The van der Waals surface area contributed by atoms with Gasteiger partial charge in [0, 0.05) is 38.4 Å². The van der Waals surface area contributed by atoms with Crippen LogP contribution in [0.2, 0.25) is 0 Å². The first kappa shape index (κ1) is 94.9. The molecular weight excluding hydrogens is 1410 g/mol. The van der Waals surface area contributed by atoms with Gasteiger partial charge in [0.15, 0.2) is 24.8 Å². The molecule has 0 aromatic rings. The van der Waals surface area contributed by atoms with Crippen LogP contribution in [0.4, 0.5) is 0 Å². The summed E-state index contributed by atoms with van der Waals surface area (Å²) in [6.07, 6.45) is -17.3. The number of nitrogens with one attached hydrogen (secondary N) is 2. The average molecular weight is 1470 g/mol. The molecule has 3 aliphatic carbocycles. The van der Waals surface area contributed by atoms with Crippen molar-refractivity contribution in [2.45, 2.75) is 175 Å². The van der Waals surface area contributed by atoms with Crippen molar-refractivity contribution in [1.29, 1.82) is 0 Å². The minimum absolute atomic E-state index is 0. The molecule has 0 bridgehead atoms. The number of amides is 4. The molecule has 50 heteroatoms. The van der Waals surface area contributed by atoms with Gasteiger partial charge < -0.3 is 76.2 Å². The largest absolute Gasteiger partial charge is 1.00 e. The second-order valence-corrected chi connectivity index (χ2v) is 25.8. The second-order valence-electron chi connectivity index (χ2n) is 19.7. The topological polar surface area (TPSA) is 553 Å². The zero-order chi connectivity index (χ0) is 62.6. The zero-order valence-electron chi connectivity index (χ0n) is 50.4. The van der Waals surface area contributed by atoms with Crippen LogP contribution in [0.1, 0.15) is 89.9 Å². The van der Waals surface area contributed by atoms with Crippen molar-refractivity contribution in [3.63, 3.8) is 0 Å². The molecule has 0 unspecified atom stereocenters. The van der Waals surface area contributed by atoms with Crippen LogP contribution in [0.5, 0.6) is 0 Å². The first-order chi connectivity index (χ1) is 38.9. The maximum Gasteiger partial charge on any atom is 1.00 e. The smallest absolute Gasteiger partial charge is 0.726 e. The molecule has 488 valence electrons. The second kappa shape index (κ2) is 43.0. The van der Waals surface area contributed by atoms with E-state index < -0.39 is 199 Å². The van der Waals surface area contributed by atoms with E-state index >= 15 is 0 Å². The van der Waals surface area contributed by atoms with Crippen molar-refractivity contribution in [2.75, 3.05) is 53.7 Å². The summed E-state index contributed by atoms with van der Waals surface area (Å²) >= 11 is 0. The fraction of sp³-hybridized carbons (Fsp3) is 0.900. The summed E-state index contributed by atoms with van der Waals surface area (Å²) in [5.41, 5.74) is 0. The molecule has 90 heavy (non-hydrogen) atoms. The van der Waals surface area contributed by atoms with E-state index in [1.54, 1.807) is 0 Å². The normalized spacial score (nSPS) is 27.2. The molecule has 10 atom stereocenters. The fourth-order valence-corrected chi connectivity index (χ4v) is 13.4. The third-order valence-corrected chi connectivity index (χ3v) is 16.5. The summed E-state index contributed by atoms with van der Waals surface area (Å²) in [5, 5.41) is 5.74. The fourth-order valence-electron chi connectivity index (χ4n) is 10.4. The van der Waals surface area contributed by atoms with E-state index in [1.807, 2.05) is 0 Å². The van der Waals surface area contributed by atoms with Gasteiger partial charge in [-0.3, -0.25) is 44.3 Å². The number of carbonyl (C=O) groups is 4. The van der Waals surface area contributed by atoms with Gasteiger partial charge in [0.25, 0.3) is 0 Å². The molecule has 0 spiro atoms. The number of carbonyl (C=O) groups excluding carboxylic acids is 4. The Bertz CT molecular complexity index is 2760. The summed E-state index contributed by atoms with van der Waals surface area (Å²) in [6, 6.07) is -2.25. The number of rotatable bonds is 30. The van der Waals surface area contributed by atoms with Gasteiger partial charge in [0.05, 0.1) is 26.3 Å². The Balaban J connectivity index is 0. The molecular formula is C40H62N4Na6O34S6. The van der Waals surface area contributed by atoms with E-state index in [2.05, 4.69) is 35.7 Å². The Morgan fingerprint density at radius 3 is 0.911 bits per heavy atom. The molecule has 0 aromatic carbocycles. The first-order valence-electron chi connectivity index (χ1n) is 25.5. The monoisotopic (exact) mass is 1470 g/mol. The number of hydrogen-bond acceptors (Lipinski definition) is 34. The van der Waals surface area contributed by atoms with Crippen LogP contribution in [0.15, 0.2) is 0 Å². The van der Waals surface area contributed by atoms with Crippen LogP contribution in [0.3, 0.4) is 0 Å². The molecule has 2 heterocycles. The van der Waals surface area contributed by atoms with E-state index in [9.17, 15) is 97.0 Å². The molecule has 2 N–H and O–H groups in total. The number of hydrogen-bond donors (Lipinski definition) is 2. The standard InChI is InChI=1S/C40H68N4O34S6.6Na/c1-67-39-37(77-83(61,62)63)35(75-81(55,56)57)33(73-79(49,50)51)27(71-39)19-69-21-31(47)43(17-29(45)41-23-9-5-3-6-10-23)25-13-15-26(16-14-25)44(18-30(46)42-24-11-7-4-8-12-24)32(48)22-70-20-28-34(74-80(52,53)54)36(76-82(58,59)60)38(40(68-2)72-28)78-84(64,65)66;;;;;;/h23-28,33-40H,3-22H2,1-2H3,(H,41,45)(H,42,46)(H,49,50,51)(H,52,53,54)(H,55,56,57)(H,58,59,60)(H,61,62,63)(H,64,65,66);;;;;;/q;6*+1/p-6/t25?,26?,27-,28-,33+,34+,35-,36-,37+,38+,39-,40-;;;;;;/m0....../s1. The Kier molecular flexibility index (Phi) is 45.3. The van der Waals surface area contributed by atoms with Crippen molar-refractivity contribution in [2.24, 2.45) is 0 Å². The zero-order valence-corrected chi connectivity index (χ0v) is 67.3. The van der Waals surface area contributed by atoms with E-state index in [4.69, 9.17) is 28.4 Å². The predicted molar refractivity (Wildman–Crippen MR) is 260 cm³/mol. The summed E-state index contributed by atoms with van der Waals surface area (Å²) in [5.74, 6) is -3.15. The molecule has 2 saturated heterocycles. The maximum atomic E-state index is 14.2. The minimum Gasteiger partial charge on any atom is -0.726 e. The van der Waals surface area contributed by atoms with Crippen molar-refractivity contribution in [1.82, 2.24) is 20.4 Å². The Morgan fingerprint density at radius 2 is 0.656 bits per heavy atom. The van der Waals surface area contributed by atoms with E-state index in [0.29, 0.717) is 25.7 Å². The Labute approximate surface area is 654 Å². The summed E-state index contributed by atoms with van der Waals surface area (Å²) in [6.45, 7) is -5.44. The molecule has 38 nitrogen and oxygen atoms in total. The van der Waals surface area contributed by atoms with Gasteiger partial charge >= 0.3 is 177 Å². The minimum atomic E-state index is -5.99. The van der Waals surface area contributed by atoms with Gasteiger partial charge in [-0.05, 0) is 51.4 Å². The van der Waals surface area contributed by atoms with Crippen molar-refractivity contribution in [3.8, 4) is 0 Å². The molecule has 4 amide bonds. The van der Waals surface area contributed by atoms with Crippen molar-refractivity contribution in [3.05, 3.63) is 0 Å². The molecule has 2 aliphatic heterocycles. The number of methoxy groups -OCH3 is 2. The van der Waals surface area contributed by atoms with E-state index in [0.717, 1.165) is 62.5 Å². The van der Waals surface area contributed by atoms with Crippen LogP contribution in [0.25, 0.3) is 0 Å². The van der Waals surface area contributed by atoms with Gasteiger partial charge in [-0.25, -0.2) is 50.5 Å². The van der Waals surface area contributed by atoms with E-state index in [-0.39, 0.29) is 215 Å². The molecule has 0 aromatic heterocycles. The average Bonchev–Trinajstić information content (AvgIpc) is 2.79. The van der Waals surface area contributed by atoms with Crippen LogP contribution < -0.4 is 188 Å². The predicted octanol–water partition coefficient (Wildman–Crippen LogP) is -23.3. The van der Waals surface area contributed by atoms with Crippen molar-refractivity contribution >= 4 is 86.0 Å². The summed E-state index contributed by atoms with van der Waals surface area (Å²) in [4.78, 5) is 57.9. The third-order valence-electron chi connectivity index (χ3n) is 13.8. The molecule has 5 fully saturated rings. The van der Waals surface area contributed by atoms with Crippen LogP contribution in [-0.4, -0.2) is 251 Å². The van der Waals surface area contributed by atoms with Crippen LogP contribution >= 0.6 is 0 Å². The van der Waals surface area contributed by atoms with Gasteiger partial charge in [-0.1, -0.05) is 38.5 Å². The molecule has 5 aliphatic rings. The van der Waals surface area contributed by atoms with Gasteiger partial charge in [0.2, 0.25) is 86.0 Å². The van der Waals surface area contributed by atoms with Crippen LogP contribution in [0, 0.1) is 0 Å². The quantitative estimate of drug-likeness (QED) is 0.0383. The van der Waals surface area contributed by atoms with Crippen molar-refractivity contribution < 1.29 is 328 Å². The number of nitrogens with zero attached hydrogens (tertiary/aromatic N) is 2. The maximum absolute atomic E-state index is 14.2. The van der Waals surface area contributed by atoms with Gasteiger partial charge in [0.1, 0.15) is 49.8 Å².